The molecular formula is C8H14N4S. The van der Waals surface area contributed by atoms with Crippen LogP contribution in [-0.4, -0.2) is 31.6 Å². The van der Waals surface area contributed by atoms with Crippen molar-refractivity contribution in [1.82, 2.24) is 15.6 Å². The minimum atomic E-state index is 0.815. The van der Waals surface area contributed by atoms with Gasteiger partial charge in [0.25, 0.3) is 0 Å². The van der Waals surface area contributed by atoms with Crippen LogP contribution < -0.4 is 10.6 Å². The Morgan fingerprint density at radius 1 is 1.69 bits per heavy atom. The summed E-state index contributed by atoms with van der Waals surface area (Å²) in [4.78, 5) is 8.18. The topological polar surface area (TPSA) is 49.3 Å². The Morgan fingerprint density at radius 3 is 3.08 bits per heavy atom. The summed E-state index contributed by atoms with van der Waals surface area (Å²) in [6.45, 7) is 0.858. The summed E-state index contributed by atoms with van der Waals surface area (Å²) in [7, 11) is 3.60. The summed E-state index contributed by atoms with van der Waals surface area (Å²) < 4.78 is 0. The summed E-state index contributed by atoms with van der Waals surface area (Å²) >= 11 is 1.63. The highest BCUT2D eigenvalue weighted by atomic mass is 32.1. The lowest BCUT2D eigenvalue weighted by Crippen LogP contribution is -2.35. The van der Waals surface area contributed by atoms with Crippen molar-refractivity contribution in [3.8, 4) is 0 Å². The maximum Gasteiger partial charge on any atom is 0.190 e. The minimum Gasteiger partial charge on any atom is -0.359 e. The first-order chi connectivity index (χ1) is 6.36. The van der Waals surface area contributed by atoms with Gasteiger partial charge in [0.2, 0.25) is 0 Å². The van der Waals surface area contributed by atoms with Crippen molar-refractivity contribution >= 4 is 17.3 Å². The van der Waals surface area contributed by atoms with Gasteiger partial charge in [-0.2, -0.15) is 0 Å². The molecule has 1 aromatic heterocycles. The van der Waals surface area contributed by atoms with Crippen LogP contribution in [0.25, 0.3) is 0 Å². The zero-order valence-corrected chi connectivity index (χ0v) is 8.69. The van der Waals surface area contributed by atoms with Gasteiger partial charge in [0, 0.05) is 32.4 Å². The number of thiazole rings is 1. The van der Waals surface area contributed by atoms with E-state index in [9.17, 15) is 0 Å². The molecule has 0 aliphatic heterocycles. The molecule has 4 nitrogen and oxygen atoms in total. The van der Waals surface area contributed by atoms with Gasteiger partial charge >= 0.3 is 0 Å². The highest BCUT2D eigenvalue weighted by Gasteiger charge is 1.95. The number of nitrogens with one attached hydrogen (secondary N) is 2. The average Bonchev–Trinajstić information content (AvgIpc) is 2.65. The lowest BCUT2D eigenvalue weighted by Gasteiger charge is -2.06. The van der Waals surface area contributed by atoms with Crippen molar-refractivity contribution in [2.75, 3.05) is 20.6 Å². The van der Waals surface area contributed by atoms with Gasteiger partial charge in [0.15, 0.2) is 5.96 Å². The van der Waals surface area contributed by atoms with E-state index in [0.717, 1.165) is 24.6 Å². The average molecular weight is 198 g/mol. The molecule has 0 amide bonds. The van der Waals surface area contributed by atoms with E-state index in [1.807, 2.05) is 12.6 Å². The smallest absolute Gasteiger partial charge is 0.190 e. The van der Waals surface area contributed by atoms with Gasteiger partial charge in [0.1, 0.15) is 0 Å². The quantitative estimate of drug-likeness (QED) is 0.548. The molecule has 0 saturated carbocycles. The maximum absolute atomic E-state index is 4.18. The van der Waals surface area contributed by atoms with Crippen LogP contribution in [0.15, 0.2) is 15.9 Å². The zero-order chi connectivity index (χ0) is 9.52. The first kappa shape index (κ1) is 9.98. The Kier molecular flexibility index (Phi) is 4.25. The minimum absolute atomic E-state index is 0.815. The van der Waals surface area contributed by atoms with Gasteiger partial charge in [0.05, 0.1) is 11.2 Å². The van der Waals surface area contributed by atoms with Crippen LogP contribution in [0.1, 0.15) is 5.69 Å². The predicted octanol–water partition coefficient (Wildman–Crippen LogP) is 0.480. The molecule has 0 atom stereocenters. The molecular weight excluding hydrogens is 184 g/mol. The van der Waals surface area contributed by atoms with Crippen molar-refractivity contribution in [3.05, 3.63) is 16.6 Å². The lowest BCUT2D eigenvalue weighted by molar-refractivity contribution is 0.820. The molecule has 2 N–H and O–H groups in total. The van der Waals surface area contributed by atoms with Crippen molar-refractivity contribution in [1.29, 1.82) is 0 Å². The third-order valence-corrected chi connectivity index (χ3v) is 2.25. The van der Waals surface area contributed by atoms with E-state index in [4.69, 9.17) is 0 Å². The third kappa shape index (κ3) is 3.42. The summed E-state index contributed by atoms with van der Waals surface area (Å²) in [5.41, 5.74) is 2.98. The largest absolute Gasteiger partial charge is 0.359 e. The monoisotopic (exact) mass is 198 g/mol. The first-order valence-corrected chi connectivity index (χ1v) is 5.06. The van der Waals surface area contributed by atoms with E-state index in [1.165, 1.54) is 0 Å². The van der Waals surface area contributed by atoms with E-state index in [2.05, 4.69) is 26.0 Å². The number of guanidine groups is 1. The third-order valence-electron chi connectivity index (χ3n) is 1.62. The predicted molar refractivity (Wildman–Crippen MR) is 56.2 cm³/mol. The number of aliphatic imine (C=N–C) groups is 1. The highest BCUT2D eigenvalue weighted by molar-refractivity contribution is 7.07. The zero-order valence-electron chi connectivity index (χ0n) is 7.87. The number of aromatic nitrogens is 1. The Hall–Kier alpha value is -1.10. The molecule has 0 aromatic carbocycles. The molecule has 0 saturated heterocycles. The number of nitrogens with zero attached hydrogens (tertiary/aromatic N) is 2. The fraction of sp³-hybridized carbons (Fsp3) is 0.500. The van der Waals surface area contributed by atoms with E-state index < -0.39 is 0 Å². The second-order valence-corrected chi connectivity index (χ2v) is 3.20. The fourth-order valence-corrected chi connectivity index (χ4v) is 1.54. The molecule has 13 heavy (non-hydrogen) atoms. The van der Waals surface area contributed by atoms with Crippen molar-refractivity contribution in [3.63, 3.8) is 0 Å². The van der Waals surface area contributed by atoms with E-state index >= 15 is 0 Å². The standard InChI is InChI=1S/C8H14N4S/c1-9-8(10-2)11-4-3-7-5-13-6-12-7/h5-6H,3-4H2,1-2H3,(H2,9,10,11). The molecule has 0 fully saturated rings. The van der Waals surface area contributed by atoms with E-state index in [1.54, 1.807) is 18.4 Å². The van der Waals surface area contributed by atoms with E-state index in [0.29, 0.717) is 0 Å². The van der Waals surface area contributed by atoms with Gasteiger partial charge in [-0.15, -0.1) is 11.3 Å². The Labute approximate surface area is 82.1 Å². The molecule has 1 rings (SSSR count). The first-order valence-electron chi connectivity index (χ1n) is 4.12. The Bertz CT molecular complexity index is 255. The highest BCUT2D eigenvalue weighted by Crippen LogP contribution is 2.00. The van der Waals surface area contributed by atoms with Crippen molar-refractivity contribution in [2.45, 2.75) is 6.42 Å². The molecule has 0 aliphatic carbocycles. The van der Waals surface area contributed by atoms with Crippen LogP contribution in [0.2, 0.25) is 0 Å². The van der Waals surface area contributed by atoms with Crippen LogP contribution in [-0.2, 0) is 6.42 Å². The van der Waals surface area contributed by atoms with Gasteiger partial charge in [-0.1, -0.05) is 0 Å². The van der Waals surface area contributed by atoms with Gasteiger partial charge in [-0.05, 0) is 0 Å². The molecule has 0 spiro atoms. The fourth-order valence-electron chi connectivity index (χ4n) is 0.949. The summed E-state index contributed by atoms with van der Waals surface area (Å²) in [5.74, 6) is 0.815. The van der Waals surface area contributed by atoms with E-state index in [-0.39, 0.29) is 0 Å². The number of hydrogen-bond acceptors (Lipinski definition) is 3. The van der Waals surface area contributed by atoms with Crippen LogP contribution >= 0.6 is 11.3 Å². The summed E-state index contributed by atoms with van der Waals surface area (Å²) in [6.07, 6.45) is 0.935. The molecule has 72 valence electrons. The number of rotatable bonds is 3. The van der Waals surface area contributed by atoms with Crippen LogP contribution in [0.3, 0.4) is 0 Å². The molecule has 0 bridgehead atoms. The molecule has 0 unspecified atom stereocenters. The maximum atomic E-state index is 4.18. The molecule has 0 aliphatic rings. The second-order valence-electron chi connectivity index (χ2n) is 2.48. The van der Waals surface area contributed by atoms with Gasteiger partial charge in [-0.3, -0.25) is 4.99 Å². The Balaban J connectivity index is 2.21. The Morgan fingerprint density at radius 2 is 2.54 bits per heavy atom. The number of hydrogen-bond donors (Lipinski definition) is 2. The summed E-state index contributed by atoms with van der Waals surface area (Å²) in [5, 5.41) is 8.17. The SMILES string of the molecule is CN=C(NC)NCCc1cscn1. The van der Waals surface area contributed by atoms with Crippen molar-refractivity contribution < 1.29 is 0 Å². The molecule has 1 aromatic rings. The molecule has 5 heteroatoms. The molecule has 0 radical (unpaired) electrons. The van der Waals surface area contributed by atoms with Gasteiger partial charge < -0.3 is 10.6 Å². The normalized spacial score (nSPS) is 11.4. The van der Waals surface area contributed by atoms with Crippen molar-refractivity contribution in [2.24, 2.45) is 4.99 Å². The van der Waals surface area contributed by atoms with Gasteiger partial charge in [-0.25, -0.2) is 4.98 Å². The van der Waals surface area contributed by atoms with Crippen LogP contribution in [0.5, 0.6) is 0 Å². The van der Waals surface area contributed by atoms with Crippen LogP contribution in [0.4, 0.5) is 0 Å². The molecule has 1 heterocycles. The summed E-state index contributed by atoms with van der Waals surface area (Å²) in [6, 6.07) is 0. The van der Waals surface area contributed by atoms with Crippen LogP contribution in [0, 0.1) is 0 Å². The lowest BCUT2D eigenvalue weighted by atomic mass is 10.3. The second kappa shape index (κ2) is 5.53.